The van der Waals surface area contributed by atoms with Gasteiger partial charge in [0.1, 0.15) is 5.75 Å². The smallest absolute Gasteiger partial charge is 0.241 e. The number of nitriles is 1. The van der Waals surface area contributed by atoms with Crippen molar-refractivity contribution in [2.75, 3.05) is 26.2 Å². The highest BCUT2D eigenvalue weighted by Crippen LogP contribution is 2.36. The quantitative estimate of drug-likeness (QED) is 0.507. The van der Waals surface area contributed by atoms with E-state index in [1.54, 1.807) is 0 Å². The van der Waals surface area contributed by atoms with Gasteiger partial charge in [0.15, 0.2) is 0 Å². The first-order valence-electron chi connectivity index (χ1n) is 13.1. The zero-order valence-corrected chi connectivity index (χ0v) is 21.6. The van der Waals surface area contributed by atoms with Crippen LogP contribution in [-0.2, 0) is 22.6 Å². The Hall–Kier alpha value is -4.15. The molecule has 0 unspecified atom stereocenters. The van der Waals surface area contributed by atoms with Crippen molar-refractivity contribution in [3.8, 4) is 22.9 Å². The molecule has 38 heavy (non-hydrogen) atoms. The third-order valence-electron chi connectivity index (χ3n) is 7.44. The van der Waals surface area contributed by atoms with Crippen LogP contribution in [0.25, 0.3) is 11.1 Å². The highest BCUT2D eigenvalue weighted by molar-refractivity contribution is 5.83. The first kappa shape index (κ1) is 25.5. The molecular formula is C31H32N4O3. The fourth-order valence-corrected chi connectivity index (χ4v) is 5.44. The van der Waals surface area contributed by atoms with Crippen molar-refractivity contribution in [2.24, 2.45) is 0 Å². The number of amides is 2. The molecule has 194 valence electrons. The Morgan fingerprint density at radius 3 is 2.61 bits per heavy atom. The molecule has 5 rings (SSSR count). The molecule has 0 spiro atoms. The van der Waals surface area contributed by atoms with Crippen LogP contribution in [0.1, 0.15) is 41.5 Å². The predicted octanol–water partition coefficient (Wildman–Crippen LogP) is 3.77. The summed E-state index contributed by atoms with van der Waals surface area (Å²) < 4.78 is 6.03. The molecule has 7 nitrogen and oxygen atoms in total. The van der Waals surface area contributed by atoms with Gasteiger partial charge in [-0.1, -0.05) is 42.5 Å². The lowest BCUT2D eigenvalue weighted by atomic mass is 9.85. The van der Waals surface area contributed by atoms with Gasteiger partial charge >= 0.3 is 0 Å². The van der Waals surface area contributed by atoms with Gasteiger partial charge in [-0.2, -0.15) is 5.26 Å². The Kier molecular flexibility index (Phi) is 7.71. The maximum atomic E-state index is 12.8. The number of ether oxygens (including phenoxy) is 1. The normalized spacial score (nSPS) is 18.3. The number of nitrogens with zero attached hydrogens (tertiary/aromatic N) is 2. The van der Waals surface area contributed by atoms with Crippen molar-refractivity contribution in [3.63, 3.8) is 0 Å². The van der Waals surface area contributed by atoms with E-state index in [1.807, 2.05) is 47.4 Å². The van der Waals surface area contributed by atoms with Gasteiger partial charge in [0.05, 0.1) is 24.8 Å². The Morgan fingerprint density at radius 1 is 1.08 bits per heavy atom. The van der Waals surface area contributed by atoms with Crippen LogP contribution in [0.4, 0.5) is 0 Å². The molecule has 0 aromatic heterocycles. The molecule has 0 saturated carbocycles. The number of benzene rings is 3. The SMILES string of the molecule is CC(=O)NCC(=O)N1CC[C@H](NCc2cc(-c3ccc(C#N)cc3)cc3c2OCC3)[C@H](c2ccccc2)C1. The number of carbonyl (C=O) groups excluding carboxylic acids is 2. The van der Waals surface area contributed by atoms with Crippen LogP contribution in [0.3, 0.4) is 0 Å². The lowest BCUT2D eigenvalue weighted by Crippen LogP contribution is -2.51. The second kappa shape index (κ2) is 11.5. The molecule has 2 atom stereocenters. The van der Waals surface area contributed by atoms with Crippen molar-refractivity contribution >= 4 is 11.8 Å². The van der Waals surface area contributed by atoms with E-state index in [-0.39, 0.29) is 30.3 Å². The fraction of sp³-hybridized carbons (Fsp3) is 0.323. The molecule has 1 saturated heterocycles. The highest BCUT2D eigenvalue weighted by Gasteiger charge is 2.32. The molecule has 1 fully saturated rings. The van der Waals surface area contributed by atoms with Crippen LogP contribution in [0.5, 0.6) is 5.75 Å². The maximum Gasteiger partial charge on any atom is 0.241 e. The van der Waals surface area contributed by atoms with E-state index in [2.05, 4.69) is 41.0 Å². The second-order valence-corrected chi connectivity index (χ2v) is 9.95. The second-order valence-electron chi connectivity index (χ2n) is 9.95. The van der Waals surface area contributed by atoms with Crippen LogP contribution in [0.2, 0.25) is 0 Å². The van der Waals surface area contributed by atoms with E-state index < -0.39 is 0 Å². The van der Waals surface area contributed by atoms with Crippen molar-refractivity contribution < 1.29 is 14.3 Å². The molecule has 2 aliphatic heterocycles. The van der Waals surface area contributed by atoms with Crippen LogP contribution >= 0.6 is 0 Å². The number of hydrogen-bond donors (Lipinski definition) is 2. The summed E-state index contributed by atoms with van der Waals surface area (Å²) >= 11 is 0. The molecule has 0 aliphatic carbocycles. The summed E-state index contributed by atoms with van der Waals surface area (Å²) in [6.45, 7) is 4.02. The lowest BCUT2D eigenvalue weighted by molar-refractivity contribution is -0.133. The number of likely N-dealkylation sites (tertiary alicyclic amines) is 1. The lowest BCUT2D eigenvalue weighted by Gasteiger charge is -2.39. The van der Waals surface area contributed by atoms with Gasteiger partial charge < -0.3 is 20.3 Å². The minimum Gasteiger partial charge on any atom is -0.493 e. The highest BCUT2D eigenvalue weighted by atomic mass is 16.5. The molecule has 2 amide bonds. The molecule has 7 heteroatoms. The summed E-state index contributed by atoms with van der Waals surface area (Å²) in [5.41, 5.74) is 6.36. The number of fused-ring (bicyclic) bond motifs is 1. The van der Waals surface area contributed by atoms with Crippen LogP contribution in [0, 0.1) is 11.3 Å². The summed E-state index contributed by atoms with van der Waals surface area (Å²) in [6.07, 6.45) is 1.69. The van der Waals surface area contributed by atoms with Crippen molar-refractivity contribution in [1.29, 1.82) is 5.26 Å². The molecule has 3 aromatic carbocycles. The third kappa shape index (κ3) is 5.71. The van der Waals surface area contributed by atoms with Gasteiger partial charge in [-0.15, -0.1) is 0 Å². The summed E-state index contributed by atoms with van der Waals surface area (Å²) in [7, 11) is 0. The van der Waals surface area contributed by atoms with E-state index in [1.165, 1.54) is 18.1 Å². The van der Waals surface area contributed by atoms with Gasteiger partial charge in [0, 0.05) is 50.5 Å². The van der Waals surface area contributed by atoms with Crippen molar-refractivity contribution in [2.45, 2.75) is 38.3 Å². The van der Waals surface area contributed by atoms with Crippen molar-refractivity contribution in [3.05, 3.63) is 89.0 Å². The average molecular weight is 509 g/mol. The van der Waals surface area contributed by atoms with E-state index in [9.17, 15) is 9.59 Å². The first-order valence-corrected chi connectivity index (χ1v) is 13.1. The Balaban J connectivity index is 1.35. The first-order chi connectivity index (χ1) is 18.5. The van der Waals surface area contributed by atoms with E-state index in [0.29, 0.717) is 31.8 Å². The molecule has 2 N–H and O–H groups in total. The van der Waals surface area contributed by atoms with E-state index in [4.69, 9.17) is 10.00 Å². The molecule has 2 aliphatic rings. The van der Waals surface area contributed by atoms with Crippen LogP contribution < -0.4 is 15.4 Å². The average Bonchev–Trinajstić information content (AvgIpc) is 3.44. The molecule has 0 bridgehead atoms. The topological polar surface area (TPSA) is 94.5 Å². The van der Waals surface area contributed by atoms with Crippen LogP contribution in [-0.4, -0.2) is 49.0 Å². The van der Waals surface area contributed by atoms with E-state index in [0.717, 1.165) is 35.3 Å². The number of nitrogens with one attached hydrogen (secondary N) is 2. The third-order valence-corrected chi connectivity index (χ3v) is 7.44. The van der Waals surface area contributed by atoms with Crippen LogP contribution in [0.15, 0.2) is 66.7 Å². The standard InChI is InChI=1S/C31H32N4O3/c1-21(36)33-19-30(37)35-13-11-29(28(20-35)24-5-3-2-4-6-24)34-18-27-16-26(15-25-12-14-38-31(25)27)23-9-7-22(17-32)8-10-23/h2-10,15-16,28-29,34H,11-14,18-20H2,1H3,(H,33,36)/t28-,29-/m0/s1. The predicted molar refractivity (Wildman–Crippen MR) is 145 cm³/mol. The van der Waals surface area contributed by atoms with Gasteiger partial charge in [0.2, 0.25) is 11.8 Å². The molecule has 3 aromatic rings. The van der Waals surface area contributed by atoms with Gasteiger partial charge in [-0.25, -0.2) is 0 Å². The number of hydrogen-bond acceptors (Lipinski definition) is 5. The Bertz CT molecular complexity index is 1350. The van der Waals surface area contributed by atoms with Gasteiger partial charge in [-0.05, 0) is 52.9 Å². The monoisotopic (exact) mass is 508 g/mol. The summed E-state index contributed by atoms with van der Waals surface area (Å²) in [4.78, 5) is 25.9. The zero-order chi connectivity index (χ0) is 26.5. The van der Waals surface area contributed by atoms with Gasteiger partial charge in [-0.3, -0.25) is 9.59 Å². The van der Waals surface area contributed by atoms with Gasteiger partial charge in [0.25, 0.3) is 0 Å². The summed E-state index contributed by atoms with van der Waals surface area (Å²) in [5, 5.41) is 15.6. The minimum absolute atomic E-state index is 0.0283. The summed E-state index contributed by atoms with van der Waals surface area (Å²) in [6, 6.07) is 24.7. The summed E-state index contributed by atoms with van der Waals surface area (Å²) in [5.74, 6) is 0.837. The fourth-order valence-electron chi connectivity index (χ4n) is 5.44. The van der Waals surface area contributed by atoms with Crippen molar-refractivity contribution in [1.82, 2.24) is 15.5 Å². The molecule has 0 radical (unpaired) electrons. The van der Waals surface area contributed by atoms with E-state index >= 15 is 0 Å². The maximum absolute atomic E-state index is 12.8. The number of piperidine rings is 1. The zero-order valence-electron chi connectivity index (χ0n) is 21.6. The minimum atomic E-state index is -0.201. The number of rotatable bonds is 7. The largest absolute Gasteiger partial charge is 0.493 e. The Labute approximate surface area is 223 Å². The number of carbonyl (C=O) groups is 2. The Morgan fingerprint density at radius 2 is 1.87 bits per heavy atom. The molecular weight excluding hydrogens is 476 g/mol. The molecule has 2 heterocycles.